The lowest BCUT2D eigenvalue weighted by atomic mass is 10.0. The number of nitrogens with zero attached hydrogens (tertiary/aromatic N) is 2. The van der Waals surface area contributed by atoms with E-state index in [4.69, 9.17) is 5.26 Å². The van der Waals surface area contributed by atoms with Gasteiger partial charge < -0.3 is 0 Å². The van der Waals surface area contributed by atoms with Gasteiger partial charge in [0.1, 0.15) is 0 Å². The highest BCUT2D eigenvalue weighted by atomic mass is 79.9. The maximum absolute atomic E-state index is 8.91. The summed E-state index contributed by atoms with van der Waals surface area (Å²) >= 11 is 3.34. The van der Waals surface area contributed by atoms with E-state index < -0.39 is 0 Å². The molecule has 1 aliphatic rings. The van der Waals surface area contributed by atoms with Crippen LogP contribution in [0.1, 0.15) is 18.4 Å². The lowest BCUT2D eigenvalue weighted by Crippen LogP contribution is -2.02. The van der Waals surface area contributed by atoms with Gasteiger partial charge in [-0.05, 0) is 40.4 Å². The number of pyridine rings is 1. The first-order chi connectivity index (χ1) is 5.77. The topological polar surface area (TPSA) is 36.7 Å². The third-order valence-corrected chi connectivity index (χ3v) is 2.66. The van der Waals surface area contributed by atoms with E-state index in [0.717, 1.165) is 22.9 Å². The van der Waals surface area contributed by atoms with Crippen LogP contribution in [0.3, 0.4) is 0 Å². The molecule has 0 bridgehead atoms. The Morgan fingerprint density at radius 2 is 2.25 bits per heavy atom. The fourth-order valence-corrected chi connectivity index (χ4v) is 1.63. The van der Waals surface area contributed by atoms with Crippen LogP contribution in [0.15, 0.2) is 22.9 Å². The number of nitriles is 1. The average Bonchev–Trinajstić information content (AvgIpc) is 2.84. The number of aromatic nitrogens is 1. The minimum atomic E-state index is -0.212. The molecule has 1 fully saturated rings. The normalized spacial score (nSPS) is 18.3. The highest BCUT2D eigenvalue weighted by Crippen LogP contribution is 2.47. The molecule has 2 rings (SSSR count). The van der Waals surface area contributed by atoms with E-state index in [2.05, 4.69) is 27.0 Å². The SMILES string of the molecule is N#CC1(c2cncc(Br)c2)CC1. The van der Waals surface area contributed by atoms with Crippen LogP contribution in [0.4, 0.5) is 0 Å². The van der Waals surface area contributed by atoms with Gasteiger partial charge in [-0.2, -0.15) is 5.26 Å². The molecule has 0 unspecified atom stereocenters. The lowest BCUT2D eigenvalue weighted by Gasteiger charge is -2.04. The summed E-state index contributed by atoms with van der Waals surface area (Å²) in [4.78, 5) is 4.04. The van der Waals surface area contributed by atoms with Crippen LogP contribution in [-0.4, -0.2) is 4.98 Å². The molecule has 0 spiro atoms. The van der Waals surface area contributed by atoms with Crippen molar-refractivity contribution in [3.63, 3.8) is 0 Å². The first kappa shape index (κ1) is 7.75. The minimum absolute atomic E-state index is 0.212. The minimum Gasteiger partial charge on any atom is -0.263 e. The Kier molecular flexibility index (Phi) is 1.66. The second-order valence-corrected chi connectivity index (χ2v) is 4.00. The highest BCUT2D eigenvalue weighted by Gasteiger charge is 2.45. The Labute approximate surface area is 79.4 Å². The summed E-state index contributed by atoms with van der Waals surface area (Å²) < 4.78 is 0.946. The van der Waals surface area contributed by atoms with E-state index >= 15 is 0 Å². The number of hydrogen-bond donors (Lipinski definition) is 0. The molecule has 1 aromatic rings. The molecule has 3 heteroatoms. The summed E-state index contributed by atoms with van der Waals surface area (Å²) in [5, 5.41) is 8.91. The van der Waals surface area contributed by atoms with Gasteiger partial charge in [0.15, 0.2) is 0 Å². The van der Waals surface area contributed by atoms with Crippen LogP contribution in [0.25, 0.3) is 0 Å². The third kappa shape index (κ3) is 1.12. The Morgan fingerprint density at radius 3 is 2.75 bits per heavy atom. The van der Waals surface area contributed by atoms with E-state index in [1.807, 2.05) is 6.07 Å². The zero-order chi connectivity index (χ0) is 8.60. The highest BCUT2D eigenvalue weighted by molar-refractivity contribution is 9.10. The van der Waals surface area contributed by atoms with Crippen LogP contribution < -0.4 is 0 Å². The molecule has 1 heterocycles. The standard InChI is InChI=1S/C9H7BrN2/c10-8-3-7(4-12-5-8)9(6-11)1-2-9/h3-5H,1-2H2. The predicted octanol–water partition coefficient (Wildman–Crippen LogP) is 2.40. The molecule has 0 radical (unpaired) electrons. The van der Waals surface area contributed by atoms with Gasteiger partial charge in [0.25, 0.3) is 0 Å². The quantitative estimate of drug-likeness (QED) is 0.732. The molecule has 0 N–H and O–H groups in total. The molecule has 0 aliphatic heterocycles. The predicted molar refractivity (Wildman–Crippen MR) is 48.5 cm³/mol. The van der Waals surface area contributed by atoms with E-state index in [0.29, 0.717) is 0 Å². The Bertz CT molecular complexity index is 350. The Hall–Kier alpha value is -0.880. The summed E-state index contributed by atoms with van der Waals surface area (Å²) in [6, 6.07) is 4.31. The molecule has 0 amide bonds. The Balaban J connectivity index is 2.42. The fraction of sp³-hybridized carbons (Fsp3) is 0.333. The van der Waals surface area contributed by atoms with E-state index in [1.54, 1.807) is 12.4 Å². The van der Waals surface area contributed by atoms with Crippen LogP contribution in [0, 0.1) is 11.3 Å². The first-order valence-electron chi connectivity index (χ1n) is 3.79. The van der Waals surface area contributed by atoms with Crippen molar-refractivity contribution in [2.24, 2.45) is 0 Å². The van der Waals surface area contributed by atoms with Gasteiger partial charge in [-0.15, -0.1) is 0 Å². The van der Waals surface area contributed by atoms with Crippen LogP contribution >= 0.6 is 15.9 Å². The molecule has 1 saturated carbocycles. The van der Waals surface area contributed by atoms with Crippen LogP contribution in [-0.2, 0) is 5.41 Å². The van der Waals surface area contributed by atoms with Crippen molar-refractivity contribution < 1.29 is 0 Å². The molecule has 60 valence electrons. The number of rotatable bonds is 1. The molecule has 0 saturated heterocycles. The van der Waals surface area contributed by atoms with Crippen LogP contribution in [0.2, 0.25) is 0 Å². The van der Waals surface area contributed by atoms with Crippen molar-refractivity contribution >= 4 is 15.9 Å². The molecule has 12 heavy (non-hydrogen) atoms. The van der Waals surface area contributed by atoms with Gasteiger partial charge in [-0.25, -0.2) is 0 Å². The summed E-state index contributed by atoms with van der Waals surface area (Å²) in [5.74, 6) is 0. The third-order valence-electron chi connectivity index (χ3n) is 2.22. The zero-order valence-corrected chi connectivity index (χ0v) is 8.00. The lowest BCUT2D eigenvalue weighted by molar-refractivity contribution is 0.895. The van der Waals surface area contributed by atoms with Crippen molar-refractivity contribution in [1.29, 1.82) is 5.26 Å². The molecule has 0 aromatic carbocycles. The Morgan fingerprint density at radius 1 is 1.50 bits per heavy atom. The maximum Gasteiger partial charge on any atom is 0.0838 e. The van der Waals surface area contributed by atoms with E-state index in [1.165, 1.54) is 0 Å². The number of halogens is 1. The van der Waals surface area contributed by atoms with Gasteiger partial charge in [-0.1, -0.05) is 0 Å². The summed E-state index contributed by atoms with van der Waals surface area (Å²) in [5.41, 5.74) is 0.830. The summed E-state index contributed by atoms with van der Waals surface area (Å²) in [6.45, 7) is 0. The molecular formula is C9H7BrN2. The fourth-order valence-electron chi connectivity index (χ4n) is 1.26. The summed E-state index contributed by atoms with van der Waals surface area (Å²) in [6.07, 6.45) is 5.46. The molecule has 2 nitrogen and oxygen atoms in total. The van der Waals surface area contributed by atoms with Crippen molar-refractivity contribution in [3.8, 4) is 6.07 Å². The van der Waals surface area contributed by atoms with Gasteiger partial charge in [-0.3, -0.25) is 4.98 Å². The molecule has 1 aliphatic carbocycles. The maximum atomic E-state index is 8.91. The molecular weight excluding hydrogens is 216 g/mol. The zero-order valence-electron chi connectivity index (χ0n) is 6.42. The van der Waals surface area contributed by atoms with E-state index in [-0.39, 0.29) is 5.41 Å². The monoisotopic (exact) mass is 222 g/mol. The smallest absolute Gasteiger partial charge is 0.0838 e. The molecule has 1 aromatic heterocycles. The van der Waals surface area contributed by atoms with Crippen LogP contribution in [0.5, 0.6) is 0 Å². The average molecular weight is 223 g/mol. The molecule has 0 atom stereocenters. The second-order valence-electron chi connectivity index (χ2n) is 3.09. The van der Waals surface area contributed by atoms with E-state index in [9.17, 15) is 0 Å². The van der Waals surface area contributed by atoms with Gasteiger partial charge >= 0.3 is 0 Å². The van der Waals surface area contributed by atoms with Crippen molar-refractivity contribution in [2.45, 2.75) is 18.3 Å². The van der Waals surface area contributed by atoms with Gasteiger partial charge in [0, 0.05) is 16.9 Å². The first-order valence-corrected chi connectivity index (χ1v) is 4.58. The second kappa shape index (κ2) is 2.56. The summed E-state index contributed by atoms with van der Waals surface area (Å²) in [7, 11) is 0. The van der Waals surface area contributed by atoms with Crippen molar-refractivity contribution in [3.05, 3.63) is 28.5 Å². The van der Waals surface area contributed by atoms with Gasteiger partial charge in [0.2, 0.25) is 0 Å². The van der Waals surface area contributed by atoms with Gasteiger partial charge in [0.05, 0.1) is 11.5 Å². The van der Waals surface area contributed by atoms with Crippen molar-refractivity contribution in [2.75, 3.05) is 0 Å². The van der Waals surface area contributed by atoms with Crippen molar-refractivity contribution in [1.82, 2.24) is 4.98 Å². The number of hydrogen-bond acceptors (Lipinski definition) is 2. The largest absolute Gasteiger partial charge is 0.263 e.